The molecule has 6 rings (SSSR count). The molecular formula is C34H41N5O4. The number of ketones is 3. The van der Waals surface area contributed by atoms with Gasteiger partial charge in [0.1, 0.15) is 18.0 Å². The number of nitrogens with one attached hydrogen (secondary N) is 1. The summed E-state index contributed by atoms with van der Waals surface area (Å²) >= 11 is 0. The minimum atomic E-state index is -0.570. The first-order chi connectivity index (χ1) is 20.6. The van der Waals surface area contributed by atoms with Gasteiger partial charge in [-0.15, -0.1) is 0 Å². The van der Waals surface area contributed by atoms with Gasteiger partial charge < -0.3 is 10.2 Å². The molecule has 43 heavy (non-hydrogen) atoms. The molecular weight excluding hydrogens is 542 g/mol. The number of Topliss-reactive ketones (excluding diaryl/α,β-unsaturated/α-hetero) is 3. The van der Waals surface area contributed by atoms with Gasteiger partial charge in [-0.3, -0.25) is 28.8 Å². The summed E-state index contributed by atoms with van der Waals surface area (Å²) in [6.45, 7) is 8.63. The Morgan fingerprint density at radius 1 is 1.07 bits per heavy atom. The van der Waals surface area contributed by atoms with E-state index < -0.39 is 6.04 Å². The highest BCUT2D eigenvalue weighted by Gasteiger charge is 2.66. The number of aryl methyl sites for hydroxylation is 3. The van der Waals surface area contributed by atoms with Gasteiger partial charge in [-0.05, 0) is 93.7 Å². The van der Waals surface area contributed by atoms with Gasteiger partial charge in [0.15, 0.2) is 11.6 Å². The predicted octanol–water partition coefficient (Wildman–Crippen LogP) is 4.35. The molecule has 3 atom stereocenters. The standard InChI is InChI=1S/C34H41N5O4/c1-20-13-24-18-35-12-6-5-7-25(41)10-11-34-16-28(29(42)15-27-21(2)8-9-22(3)36-27)39(30(34)17-34)31(43)19-38-33(24)26(14-20)32(37-38)23(4)40/h8-9,13-14,28,30,35H,5-7,10-12,15-19H2,1-4H3/t28-,30+,34-/m0/s1. The number of aromatic nitrogens is 3. The summed E-state index contributed by atoms with van der Waals surface area (Å²) in [6, 6.07) is 7.31. The zero-order chi connectivity index (χ0) is 30.5. The molecule has 1 aliphatic carbocycles. The summed E-state index contributed by atoms with van der Waals surface area (Å²) in [7, 11) is 0. The fraction of sp³-hybridized carbons (Fsp3) is 0.529. The van der Waals surface area contributed by atoms with Gasteiger partial charge in [-0.2, -0.15) is 5.10 Å². The van der Waals surface area contributed by atoms with Gasteiger partial charge in [-0.25, -0.2) is 0 Å². The Morgan fingerprint density at radius 3 is 2.67 bits per heavy atom. The van der Waals surface area contributed by atoms with Gasteiger partial charge in [0.05, 0.1) is 23.7 Å². The summed E-state index contributed by atoms with van der Waals surface area (Å²) in [6.07, 6.45) is 5.00. The minimum Gasteiger partial charge on any atom is -0.327 e. The van der Waals surface area contributed by atoms with Crippen molar-refractivity contribution in [3.8, 4) is 0 Å². The fourth-order valence-corrected chi connectivity index (χ4v) is 7.36. The van der Waals surface area contributed by atoms with Crippen LogP contribution in [0.2, 0.25) is 0 Å². The van der Waals surface area contributed by atoms with Gasteiger partial charge in [0, 0.05) is 43.4 Å². The second kappa shape index (κ2) is 11.4. The van der Waals surface area contributed by atoms with Crippen LogP contribution in [0.5, 0.6) is 0 Å². The average molecular weight is 584 g/mol. The molecule has 0 radical (unpaired) electrons. The second-order valence-corrected chi connectivity index (χ2v) is 13.0. The topological polar surface area (TPSA) is 114 Å². The highest BCUT2D eigenvalue weighted by atomic mass is 16.2. The van der Waals surface area contributed by atoms with E-state index in [-0.39, 0.29) is 47.7 Å². The van der Waals surface area contributed by atoms with Crippen molar-refractivity contribution in [1.29, 1.82) is 0 Å². The Labute approximate surface area is 252 Å². The summed E-state index contributed by atoms with van der Waals surface area (Å²) in [4.78, 5) is 60.0. The van der Waals surface area contributed by atoms with Gasteiger partial charge in [0.2, 0.25) is 5.91 Å². The number of nitrogens with zero attached hydrogens (tertiary/aromatic N) is 4. The monoisotopic (exact) mass is 583 g/mol. The summed E-state index contributed by atoms with van der Waals surface area (Å²) < 4.78 is 1.67. The molecule has 2 fully saturated rings. The summed E-state index contributed by atoms with van der Waals surface area (Å²) in [5.41, 5.74) is 5.48. The van der Waals surface area contributed by atoms with Crippen molar-refractivity contribution in [3.05, 3.63) is 58.0 Å². The number of benzene rings is 1. The molecule has 1 N–H and O–H groups in total. The number of carbonyl (C=O) groups is 4. The SMILES string of the molecule is CC(=O)c1nn2c3c(cc(C)cc13)CNCCCCC(=O)CC[C@@]13C[C@@H](C(=O)Cc4nc(C)ccc4C)N(C(=O)C2)[C@@H]1C3. The van der Waals surface area contributed by atoms with Crippen molar-refractivity contribution in [2.24, 2.45) is 5.41 Å². The molecule has 9 nitrogen and oxygen atoms in total. The third kappa shape index (κ3) is 5.67. The predicted molar refractivity (Wildman–Crippen MR) is 163 cm³/mol. The van der Waals surface area contributed by atoms with Crippen molar-refractivity contribution in [2.75, 3.05) is 6.54 Å². The van der Waals surface area contributed by atoms with E-state index in [1.165, 1.54) is 6.92 Å². The van der Waals surface area contributed by atoms with Gasteiger partial charge >= 0.3 is 0 Å². The van der Waals surface area contributed by atoms with Crippen LogP contribution in [-0.2, 0) is 33.9 Å². The van der Waals surface area contributed by atoms with Crippen LogP contribution in [0.25, 0.3) is 10.9 Å². The van der Waals surface area contributed by atoms with Crippen LogP contribution in [0.4, 0.5) is 0 Å². The first kappa shape index (κ1) is 29.4. The quantitative estimate of drug-likeness (QED) is 0.454. The van der Waals surface area contributed by atoms with Crippen LogP contribution in [0.1, 0.15) is 90.4 Å². The molecule has 0 unspecified atom stereocenters. The maximum atomic E-state index is 14.2. The molecule has 1 amide bonds. The lowest BCUT2D eigenvalue weighted by molar-refractivity contribution is -0.139. The molecule has 1 aromatic carbocycles. The van der Waals surface area contributed by atoms with Crippen molar-refractivity contribution >= 4 is 34.2 Å². The van der Waals surface area contributed by atoms with Crippen LogP contribution in [0.15, 0.2) is 24.3 Å². The second-order valence-electron chi connectivity index (χ2n) is 13.0. The third-order valence-corrected chi connectivity index (χ3v) is 9.72. The Bertz CT molecular complexity index is 1640. The zero-order valence-corrected chi connectivity index (χ0v) is 25.7. The number of pyridine rings is 1. The normalized spacial score (nSPS) is 24.6. The van der Waals surface area contributed by atoms with E-state index in [2.05, 4.69) is 21.5 Å². The van der Waals surface area contributed by atoms with Crippen LogP contribution in [-0.4, -0.2) is 61.5 Å². The Hall–Kier alpha value is -3.72. The van der Waals surface area contributed by atoms with E-state index in [0.717, 1.165) is 64.8 Å². The van der Waals surface area contributed by atoms with Crippen LogP contribution < -0.4 is 5.32 Å². The van der Waals surface area contributed by atoms with Crippen molar-refractivity contribution in [1.82, 2.24) is 25.0 Å². The van der Waals surface area contributed by atoms with Crippen molar-refractivity contribution in [3.63, 3.8) is 0 Å². The minimum absolute atomic E-state index is 0.0166. The lowest BCUT2D eigenvalue weighted by atomic mass is 9.90. The highest BCUT2D eigenvalue weighted by Crippen LogP contribution is 2.62. The van der Waals surface area contributed by atoms with Crippen molar-refractivity contribution < 1.29 is 19.2 Å². The van der Waals surface area contributed by atoms with E-state index >= 15 is 0 Å². The van der Waals surface area contributed by atoms with E-state index in [9.17, 15) is 19.2 Å². The third-order valence-electron chi connectivity index (χ3n) is 9.72. The van der Waals surface area contributed by atoms with Gasteiger partial charge in [0.25, 0.3) is 0 Å². The molecule has 1 saturated heterocycles. The lowest BCUT2D eigenvalue weighted by Gasteiger charge is -2.27. The molecule has 226 valence electrons. The van der Waals surface area contributed by atoms with Crippen molar-refractivity contribution in [2.45, 2.75) is 104 Å². The first-order valence-electron chi connectivity index (χ1n) is 15.6. The zero-order valence-electron chi connectivity index (χ0n) is 25.7. The molecule has 2 aromatic heterocycles. The smallest absolute Gasteiger partial charge is 0.245 e. The molecule has 9 heteroatoms. The number of amides is 1. The number of hydrogen-bond acceptors (Lipinski definition) is 7. The fourth-order valence-electron chi connectivity index (χ4n) is 7.36. The molecule has 3 aliphatic rings. The molecule has 4 heterocycles. The number of carbonyl (C=O) groups excluding carboxylic acids is 4. The van der Waals surface area contributed by atoms with Crippen LogP contribution in [0.3, 0.4) is 0 Å². The van der Waals surface area contributed by atoms with Crippen LogP contribution in [0, 0.1) is 26.2 Å². The highest BCUT2D eigenvalue weighted by molar-refractivity contribution is 6.06. The molecule has 2 aliphatic heterocycles. The summed E-state index contributed by atoms with van der Waals surface area (Å²) in [5, 5.41) is 8.90. The Kier molecular flexibility index (Phi) is 7.79. The summed E-state index contributed by atoms with van der Waals surface area (Å²) in [5.74, 6) is -0.0822. The van der Waals surface area contributed by atoms with E-state index in [1.54, 1.807) is 9.58 Å². The number of piperidine rings is 1. The Balaban J connectivity index is 1.38. The van der Waals surface area contributed by atoms with E-state index in [4.69, 9.17) is 0 Å². The molecule has 1 saturated carbocycles. The molecule has 3 aromatic rings. The lowest BCUT2D eigenvalue weighted by Crippen LogP contribution is -2.45. The first-order valence-corrected chi connectivity index (χ1v) is 15.6. The number of rotatable bonds is 4. The molecule has 0 spiro atoms. The van der Waals surface area contributed by atoms with Crippen LogP contribution >= 0.6 is 0 Å². The average Bonchev–Trinajstić information content (AvgIpc) is 3.37. The largest absolute Gasteiger partial charge is 0.327 e. The number of hydrogen-bond donors (Lipinski definition) is 1. The maximum absolute atomic E-state index is 14.2. The van der Waals surface area contributed by atoms with E-state index in [1.807, 2.05) is 39.0 Å². The van der Waals surface area contributed by atoms with E-state index in [0.29, 0.717) is 37.9 Å². The van der Waals surface area contributed by atoms with Gasteiger partial charge in [-0.1, -0.05) is 12.1 Å². The molecule has 2 bridgehead atoms. The maximum Gasteiger partial charge on any atom is 0.245 e. The Morgan fingerprint density at radius 2 is 1.88 bits per heavy atom.